The summed E-state index contributed by atoms with van der Waals surface area (Å²) >= 11 is 0. The molecule has 1 N–H and O–H groups in total. The molecule has 1 fully saturated rings. The Hall–Kier alpha value is -3.14. The number of nitrogens with zero attached hydrogens (tertiary/aromatic N) is 3. The highest BCUT2D eigenvalue weighted by atomic mass is 15.2. The van der Waals surface area contributed by atoms with Gasteiger partial charge in [-0.15, -0.1) is 0 Å². The molecular weight excluding hydrogens is 344 g/mol. The molecule has 1 aromatic heterocycles. The van der Waals surface area contributed by atoms with E-state index in [1.807, 2.05) is 12.4 Å². The van der Waals surface area contributed by atoms with Crippen molar-refractivity contribution in [3.05, 3.63) is 90.0 Å². The summed E-state index contributed by atoms with van der Waals surface area (Å²) in [4.78, 5) is 10.7. The Morgan fingerprint density at radius 3 is 2.71 bits per heavy atom. The summed E-state index contributed by atoms with van der Waals surface area (Å²) in [7, 11) is 0. The highest BCUT2D eigenvalue weighted by Crippen LogP contribution is 2.33. The van der Waals surface area contributed by atoms with Crippen LogP contribution in [0.15, 0.2) is 67.8 Å². The fraction of sp³-hybridized carbons (Fsp3) is 0.250. The van der Waals surface area contributed by atoms with E-state index in [1.165, 1.54) is 16.7 Å². The van der Waals surface area contributed by atoms with Crippen LogP contribution in [0, 0.1) is 13.8 Å². The van der Waals surface area contributed by atoms with Crippen LogP contribution in [-0.4, -0.2) is 23.1 Å². The summed E-state index contributed by atoms with van der Waals surface area (Å²) in [5.74, 6) is 0.506. The zero-order valence-corrected chi connectivity index (χ0v) is 16.5. The molecule has 1 aliphatic rings. The fourth-order valence-corrected chi connectivity index (χ4v) is 3.94. The molecular formula is C24H26N4. The molecule has 28 heavy (non-hydrogen) atoms. The standard InChI is InChI=1S/C24H26N4/c1-17-5-4-6-22(11-17)27-19(3)20-8-7-18(2)24(12-20)21-9-10-28(15-21)23-13-25-16-26-14-23/h4-8,11-14,16,21,27H,3,9-10,15H2,1-2H3. The van der Waals surface area contributed by atoms with Crippen LogP contribution in [0.4, 0.5) is 11.4 Å². The Kier molecular flexibility index (Phi) is 5.11. The second-order valence-corrected chi connectivity index (χ2v) is 7.57. The van der Waals surface area contributed by atoms with Gasteiger partial charge in [-0.05, 0) is 60.7 Å². The zero-order valence-electron chi connectivity index (χ0n) is 16.5. The topological polar surface area (TPSA) is 41.0 Å². The van der Waals surface area contributed by atoms with Crippen LogP contribution in [0.2, 0.25) is 0 Å². The lowest BCUT2D eigenvalue weighted by atomic mass is 9.92. The van der Waals surface area contributed by atoms with Crippen molar-refractivity contribution in [2.24, 2.45) is 0 Å². The first-order valence-electron chi connectivity index (χ1n) is 9.73. The molecule has 1 saturated heterocycles. The van der Waals surface area contributed by atoms with Gasteiger partial charge in [0.15, 0.2) is 0 Å². The molecule has 1 aliphatic heterocycles. The number of hydrogen-bond donors (Lipinski definition) is 1. The minimum absolute atomic E-state index is 0.506. The monoisotopic (exact) mass is 370 g/mol. The molecule has 1 unspecified atom stereocenters. The van der Waals surface area contributed by atoms with Gasteiger partial charge in [0.25, 0.3) is 0 Å². The summed E-state index contributed by atoms with van der Waals surface area (Å²) in [6, 6.07) is 15.0. The van der Waals surface area contributed by atoms with Gasteiger partial charge in [-0.3, -0.25) is 0 Å². The first-order chi connectivity index (χ1) is 13.6. The van der Waals surface area contributed by atoms with E-state index in [2.05, 4.69) is 83.1 Å². The largest absolute Gasteiger partial charge is 0.368 e. The second kappa shape index (κ2) is 7.85. The SMILES string of the molecule is C=C(Nc1cccc(C)c1)c1ccc(C)c(C2CCN(c3cncnc3)C2)c1. The van der Waals surface area contributed by atoms with E-state index >= 15 is 0 Å². The minimum Gasteiger partial charge on any atom is -0.368 e. The second-order valence-electron chi connectivity index (χ2n) is 7.57. The van der Waals surface area contributed by atoms with Gasteiger partial charge in [0.2, 0.25) is 0 Å². The summed E-state index contributed by atoms with van der Waals surface area (Å²) in [5.41, 5.74) is 8.22. The summed E-state index contributed by atoms with van der Waals surface area (Å²) in [6.07, 6.45) is 6.51. The normalized spacial score (nSPS) is 16.2. The summed E-state index contributed by atoms with van der Waals surface area (Å²) in [6.45, 7) is 10.6. The molecule has 4 rings (SSSR count). The first-order valence-corrected chi connectivity index (χ1v) is 9.73. The van der Waals surface area contributed by atoms with Gasteiger partial charge >= 0.3 is 0 Å². The Balaban J connectivity index is 1.52. The predicted octanol–water partition coefficient (Wildman–Crippen LogP) is 5.17. The molecule has 0 radical (unpaired) electrons. The Morgan fingerprint density at radius 2 is 1.93 bits per heavy atom. The summed E-state index contributed by atoms with van der Waals surface area (Å²) in [5, 5.41) is 3.45. The maximum absolute atomic E-state index is 4.27. The molecule has 2 aromatic carbocycles. The molecule has 0 spiro atoms. The number of anilines is 2. The van der Waals surface area contributed by atoms with Gasteiger partial charge in [0, 0.05) is 30.4 Å². The lowest BCUT2D eigenvalue weighted by molar-refractivity contribution is 0.768. The molecule has 2 heterocycles. The average molecular weight is 371 g/mol. The van der Waals surface area contributed by atoms with Crippen LogP contribution in [0.5, 0.6) is 0 Å². The lowest BCUT2D eigenvalue weighted by Gasteiger charge is -2.19. The van der Waals surface area contributed by atoms with Crippen molar-refractivity contribution in [3.63, 3.8) is 0 Å². The van der Waals surface area contributed by atoms with Gasteiger partial charge < -0.3 is 10.2 Å². The van der Waals surface area contributed by atoms with Crippen LogP contribution in [0.3, 0.4) is 0 Å². The number of rotatable bonds is 5. The third kappa shape index (κ3) is 3.91. The van der Waals surface area contributed by atoms with E-state index in [9.17, 15) is 0 Å². The van der Waals surface area contributed by atoms with E-state index in [-0.39, 0.29) is 0 Å². The third-order valence-electron chi connectivity index (χ3n) is 5.48. The van der Waals surface area contributed by atoms with E-state index in [1.54, 1.807) is 6.33 Å². The van der Waals surface area contributed by atoms with Crippen LogP contribution in [-0.2, 0) is 0 Å². The van der Waals surface area contributed by atoms with Crippen LogP contribution in [0.1, 0.15) is 34.6 Å². The Morgan fingerprint density at radius 1 is 1.11 bits per heavy atom. The van der Waals surface area contributed by atoms with E-state index < -0.39 is 0 Å². The van der Waals surface area contributed by atoms with Crippen molar-refractivity contribution in [1.29, 1.82) is 0 Å². The number of aryl methyl sites for hydroxylation is 2. The third-order valence-corrected chi connectivity index (χ3v) is 5.48. The van der Waals surface area contributed by atoms with E-state index in [0.29, 0.717) is 5.92 Å². The molecule has 4 nitrogen and oxygen atoms in total. The predicted molar refractivity (Wildman–Crippen MR) is 117 cm³/mol. The number of aromatic nitrogens is 2. The average Bonchev–Trinajstić information content (AvgIpc) is 3.19. The number of hydrogen-bond acceptors (Lipinski definition) is 4. The maximum Gasteiger partial charge on any atom is 0.115 e. The van der Waals surface area contributed by atoms with Crippen molar-refractivity contribution >= 4 is 17.1 Å². The highest BCUT2D eigenvalue weighted by Gasteiger charge is 2.25. The van der Waals surface area contributed by atoms with Crippen molar-refractivity contribution < 1.29 is 0 Å². The van der Waals surface area contributed by atoms with Crippen LogP contribution in [0.25, 0.3) is 5.70 Å². The van der Waals surface area contributed by atoms with Gasteiger partial charge in [0.1, 0.15) is 6.33 Å². The van der Waals surface area contributed by atoms with Gasteiger partial charge in [-0.2, -0.15) is 0 Å². The van der Waals surface area contributed by atoms with Crippen LogP contribution >= 0.6 is 0 Å². The molecule has 0 aliphatic carbocycles. The van der Waals surface area contributed by atoms with Gasteiger partial charge in [-0.25, -0.2) is 9.97 Å². The lowest BCUT2D eigenvalue weighted by Crippen LogP contribution is -2.19. The maximum atomic E-state index is 4.27. The van der Waals surface area contributed by atoms with Crippen molar-refractivity contribution in [2.45, 2.75) is 26.2 Å². The smallest absolute Gasteiger partial charge is 0.115 e. The van der Waals surface area contributed by atoms with Crippen molar-refractivity contribution in [3.8, 4) is 0 Å². The van der Waals surface area contributed by atoms with E-state index in [4.69, 9.17) is 0 Å². The molecule has 4 heteroatoms. The number of benzene rings is 2. The summed E-state index contributed by atoms with van der Waals surface area (Å²) < 4.78 is 0. The van der Waals surface area contributed by atoms with Crippen LogP contribution < -0.4 is 10.2 Å². The fourth-order valence-electron chi connectivity index (χ4n) is 3.94. The molecule has 3 aromatic rings. The van der Waals surface area contributed by atoms with E-state index in [0.717, 1.165) is 42.1 Å². The molecule has 1 atom stereocenters. The van der Waals surface area contributed by atoms with Gasteiger partial charge in [-0.1, -0.05) is 30.8 Å². The van der Waals surface area contributed by atoms with Crippen molar-refractivity contribution in [1.82, 2.24) is 9.97 Å². The minimum atomic E-state index is 0.506. The quantitative estimate of drug-likeness (QED) is 0.673. The molecule has 142 valence electrons. The zero-order chi connectivity index (χ0) is 19.5. The van der Waals surface area contributed by atoms with Gasteiger partial charge in [0.05, 0.1) is 18.1 Å². The molecule has 0 amide bonds. The Labute approximate surface area is 167 Å². The molecule has 0 saturated carbocycles. The number of nitrogens with one attached hydrogen (secondary N) is 1. The first kappa shape index (κ1) is 18.2. The Bertz CT molecular complexity index is 981. The molecule has 0 bridgehead atoms. The highest BCUT2D eigenvalue weighted by molar-refractivity contribution is 5.76. The van der Waals surface area contributed by atoms with Crippen molar-refractivity contribution in [2.75, 3.05) is 23.3 Å².